The van der Waals surface area contributed by atoms with E-state index in [2.05, 4.69) is 15.6 Å². The lowest BCUT2D eigenvalue weighted by molar-refractivity contribution is -0.119. The fourth-order valence-electron chi connectivity index (χ4n) is 2.79. The van der Waals surface area contributed by atoms with Gasteiger partial charge in [-0.2, -0.15) is 0 Å². The molecule has 3 rings (SSSR count). The molecular formula is C17H21N3O2S2. The van der Waals surface area contributed by atoms with Gasteiger partial charge in [0.25, 0.3) is 0 Å². The third-order valence-corrected chi connectivity index (χ3v) is 6.33. The molecule has 0 bridgehead atoms. The number of urea groups is 1. The molecule has 1 fully saturated rings. The first kappa shape index (κ1) is 17.2. The van der Waals surface area contributed by atoms with E-state index >= 15 is 0 Å². The Morgan fingerprint density at radius 2 is 2.00 bits per heavy atom. The van der Waals surface area contributed by atoms with Crippen LogP contribution in [0.2, 0.25) is 0 Å². The fourth-order valence-corrected chi connectivity index (χ4v) is 5.00. The van der Waals surface area contributed by atoms with Crippen LogP contribution in [-0.2, 0) is 4.79 Å². The topological polar surface area (TPSA) is 71.1 Å². The van der Waals surface area contributed by atoms with Gasteiger partial charge < -0.3 is 5.32 Å². The molecule has 24 heavy (non-hydrogen) atoms. The Kier molecular flexibility index (Phi) is 5.73. The molecule has 5 nitrogen and oxygen atoms in total. The number of nitrogens with one attached hydrogen (secondary N) is 2. The highest BCUT2D eigenvalue weighted by Crippen LogP contribution is 2.31. The minimum Gasteiger partial charge on any atom is -0.335 e. The maximum atomic E-state index is 12.2. The standard InChI is InChI=1S/C17H21N3O2S2/c1-11(23-17-19-13-9-5-6-10-14(13)24-17)15(21)20-16(22)18-12-7-3-2-4-8-12/h5-6,9-12H,2-4,7-8H2,1H3,(H2,18,20,21,22)/t11-/m0/s1. The summed E-state index contributed by atoms with van der Waals surface area (Å²) in [4.78, 5) is 28.7. The molecule has 1 atom stereocenters. The smallest absolute Gasteiger partial charge is 0.321 e. The maximum absolute atomic E-state index is 12.2. The number of benzene rings is 1. The molecule has 0 aliphatic heterocycles. The number of hydrogen-bond donors (Lipinski definition) is 2. The third-order valence-electron chi connectivity index (χ3n) is 4.10. The van der Waals surface area contributed by atoms with E-state index in [4.69, 9.17) is 0 Å². The van der Waals surface area contributed by atoms with E-state index in [1.54, 1.807) is 18.3 Å². The Bertz CT molecular complexity index is 692. The zero-order chi connectivity index (χ0) is 16.9. The van der Waals surface area contributed by atoms with Crippen LogP contribution in [0.1, 0.15) is 39.0 Å². The third kappa shape index (κ3) is 4.48. The van der Waals surface area contributed by atoms with E-state index in [0.29, 0.717) is 0 Å². The number of nitrogens with zero attached hydrogens (tertiary/aromatic N) is 1. The van der Waals surface area contributed by atoms with Crippen molar-refractivity contribution < 1.29 is 9.59 Å². The molecule has 0 unspecified atom stereocenters. The number of thiazole rings is 1. The van der Waals surface area contributed by atoms with Crippen LogP contribution in [0.5, 0.6) is 0 Å². The van der Waals surface area contributed by atoms with Crippen LogP contribution < -0.4 is 10.6 Å². The van der Waals surface area contributed by atoms with Crippen molar-refractivity contribution in [3.05, 3.63) is 24.3 Å². The first-order chi connectivity index (χ1) is 11.6. The molecule has 1 aromatic carbocycles. The van der Waals surface area contributed by atoms with Crippen LogP contribution in [0, 0.1) is 0 Å². The number of imide groups is 1. The highest BCUT2D eigenvalue weighted by molar-refractivity contribution is 8.02. The highest BCUT2D eigenvalue weighted by atomic mass is 32.2. The van der Waals surface area contributed by atoms with E-state index in [9.17, 15) is 9.59 Å². The van der Waals surface area contributed by atoms with Gasteiger partial charge in [0.2, 0.25) is 5.91 Å². The lowest BCUT2D eigenvalue weighted by Gasteiger charge is -2.22. The van der Waals surface area contributed by atoms with Crippen LogP contribution in [0.25, 0.3) is 10.2 Å². The molecule has 1 heterocycles. The Morgan fingerprint density at radius 3 is 2.75 bits per heavy atom. The molecular weight excluding hydrogens is 342 g/mol. The van der Waals surface area contributed by atoms with Gasteiger partial charge in [0, 0.05) is 6.04 Å². The fraction of sp³-hybridized carbons (Fsp3) is 0.471. The van der Waals surface area contributed by atoms with Crippen molar-refractivity contribution >= 4 is 45.3 Å². The number of amides is 3. The Labute approximate surface area is 149 Å². The second-order valence-electron chi connectivity index (χ2n) is 6.01. The second-order valence-corrected chi connectivity index (χ2v) is 8.62. The Morgan fingerprint density at radius 1 is 1.25 bits per heavy atom. The van der Waals surface area contributed by atoms with Gasteiger partial charge >= 0.3 is 6.03 Å². The predicted molar refractivity (Wildman–Crippen MR) is 98.5 cm³/mol. The number of para-hydroxylation sites is 1. The van der Waals surface area contributed by atoms with Gasteiger partial charge in [0.05, 0.1) is 15.5 Å². The molecule has 0 saturated heterocycles. The van der Waals surface area contributed by atoms with Gasteiger partial charge in [0.1, 0.15) is 0 Å². The van der Waals surface area contributed by atoms with Crippen LogP contribution in [0.3, 0.4) is 0 Å². The summed E-state index contributed by atoms with van der Waals surface area (Å²) in [6, 6.07) is 7.70. The van der Waals surface area contributed by atoms with Crippen molar-refractivity contribution in [2.24, 2.45) is 0 Å². The first-order valence-corrected chi connectivity index (χ1v) is 9.95. The minimum absolute atomic E-state index is 0.193. The highest BCUT2D eigenvalue weighted by Gasteiger charge is 2.21. The number of carbonyl (C=O) groups is 2. The molecule has 1 aromatic heterocycles. The van der Waals surface area contributed by atoms with Gasteiger partial charge in [-0.05, 0) is 31.9 Å². The first-order valence-electron chi connectivity index (χ1n) is 8.25. The zero-order valence-electron chi connectivity index (χ0n) is 13.6. The van der Waals surface area contributed by atoms with E-state index in [0.717, 1.165) is 40.2 Å². The second kappa shape index (κ2) is 7.98. The number of rotatable bonds is 4. The molecule has 1 saturated carbocycles. The van der Waals surface area contributed by atoms with E-state index in [1.807, 2.05) is 24.3 Å². The van der Waals surface area contributed by atoms with Crippen molar-refractivity contribution in [1.29, 1.82) is 0 Å². The van der Waals surface area contributed by atoms with Gasteiger partial charge in [-0.15, -0.1) is 11.3 Å². The van der Waals surface area contributed by atoms with Crippen molar-refractivity contribution in [1.82, 2.24) is 15.6 Å². The molecule has 0 spiro atoms. The van der Waals surface area contributed by atoms with Gasteiger partial charge in [-0.1, -0.05) is 43.2 Å². The van der Waals surface area contributed by atoms with Crippen LogP contribution in [0.15, 0.2) is 28.6 Å². The number of hydrogen-bond acceptors (Lipinski definition) is 5. The van der Waals surface area contributed by atoms with E-state index < -0.39 is 0 Å². The molecule has 1 aliphatic carbocycles. The summed E-state index contributed by atoms with van der Waals surface area (Å²) in [5, 5.41) is 4.97. The normalized spacial score (nSPS) is 16.7. The molecule has 128 valence electrons. The van der Waals surface area contributed by atoms with Crippen LogP contribution in [-0.4, -0.2) is 28.2 Å². The maximum Gasteiger partial charge on any atom is 0.321 e. The number of fused-ring (bicyclic) bond motifs is 1. The SMILES string of the molecule is C[C@H](Sc1nc2ccccc2s1)C(=O)NC(=O)NC1CCCCC1. The van der Waals surface area contributed by atoms with Crippen molar-refractivity contribution in [3.63, 3.8) is 0 Å². The van der Waals surface area contributed by atoms with Crippen molar-refractivity contribution in [3.8, 4) is 0 Å². The molecule has 3 amide bonds. The summed E-state index contributed by atoms with van der Waals surface area (Å²) in [6.45, 7) is 1.79. The van der Waals surface area contributed by atoms with Crippen LogP contribution >= 0.6 is 23.1 Å². The monoisotopic (exact) mass is 363 g/mol. The number of aromatic nitrogens is 1. The molecule has 0 radical (unpaired) electrons. The van der Waals surface area contributed by atoms with Gasteiger partial charge in [-0.25, -0.2) is 9.78 Å². The van der Waals surface area contributed by atoms with Crippen molar-refractivity contribution in [2.75, 3.05) is 0 Å². The Balaban J connectivity index is 1.51. The summed E-state index contributed by atoms with van der Waals surface area (Å²) in [7, 11) is 0. The molecule has 1 aliphatic rings. The van der Waals surface area contributed by atoms with Crippen LogP contribution in [0.4, 0.5) is 4.79 Å². The summed E-state index contributed by atoms with van der Waals surface area (Å²) in [5.74, 6) is -0.285. The molecule has 2 aromatic rings. The van der Waals surface area contributed by atoms with E-state index in [-0.39, 0.29) is 23.2 Å². The summed E-state index contributed by atoms with van der Waals surface area (Å²) >= 11 is 2.94. The average Bonchev–Trinajstić information content (AvgIpc) is 2.97. The lowest BCUT2D eigenvalue weighted by atomic mass is 9.96. The quantitative estimate of drug-likeness (QED) is 0.807. The summed E-state index contributed by atoms with van der Waals surface area (Å²) in [5.41, 5.74) is 0.938. The zero-order valence-corrected chi connectivity index (χ0v) is 15.2. The predicted octanol–water partition coefficient (Wildman–Crippen LogP) is 3.94. The Hall–Kier alpha value is -1.60. The van der Waals surface area contributed by atoms with Gasteiger partial charge in [-0.3, -0.25) is 10.1 Å². The number of carbonyl (C=O) groups excluding carboxylic acids is 2. The largest absolute Gasteiger partial charge is 0.335 e. The van der Waals surface area contributed by atoms with E-state index in [1.165, 1.54) is 18.2 Å². The lowest BCUT2D eigenvalue weighted by Crippen LogP contribution is -2.47. The number of thioether (sulfide) groups is 1. The summed E-state index contributed by atoms with van der Waals surface area (Å²) in [6.07, 6.45) is 5.51. The minimum atomic E-state index is -0.386. The molecule has 2 N–H and O–H groups in total. The average molecular weight is 364 g/mol. The van der Waals surface area contributed by atoms with Gasteiger partial charge in [0.15, 0.2) is 4.34 Å². The van der Waals surface area contributed by atoms with Crippen molar-refractivity contribution in [2.45, 2.75) is 54.7 Å². The summed E-state index contributed by atoms with van der Waals surface area (Å²) < 4.78 is 1.94. The molecule has 7 heteroatoms.